The van der Waals surface area contributed by atoms with Crippen LogP contribution >= 0.6 is 0 Å². The standard InChI is InChI=1S/C23H25F3N6O4/c1-4-5-12-30-17-18(31(22(35)28(3)19(17)33)16-8-6-15(2)7-9-16)32(36-20(34)23(24,25)26)21(30)29-13-10-27-11-14-29/h6-9,21,27H,10-14H2,1-3H3. The topological polar surface area (TPSA) is 92.0 Å². The first-order chi connectivity index (χ1) is 17.1. The molecule has 13 heteroatoms. The molecular formula is C23H25F3N6O4. The van der Waals surface area contributed by atoms with Crippen molar-refractivity contribution in [1.82, 2.24) is 19.4 Å². The second-order valence-electron chi connectivity index (χ2n) is 8.38. The molecule has 36 heavy (non-hydrogen) atoms. The van der Waals surface area contributed by atoms with Crippen LogP contribution in [0.15, 0.2) is 33.9 Å². The van der Waals surface area contributed by atoms with Gasteiger partial charge in [-0.3, -0.25) is 14.3 Å². The SMILES string of the molecule is CC#CCN1c2c(n(-c3ccc(C)cc3)c(=O)n(C)c2=O)N(OC(=O)C(F)(F)F)C1N1CCNCC1. The van der Waals surface area contributed by atoms with Crippen LogP contribution in [-0.2, 0) is 16.7 Å². The molecule has 0 saturated carbocycles. The summed E-state index contributed by atoms with van der Waals surface area (Å²) < 4.78 is 42.0. The lowest BCUT2D eigenvalue weighted by Crippen LogP contribution is -2.61. The van der Waals surface area contributed by atoms with Crippen molar-refractivity contribution in [2.24, 2.45) is 7.05 Å². The number of rotatable bonds is 4. The Hall–Kier alpha value is -3.76. The van der Waals surface area contributed by atoms with Crippen LogP contribution in [0, 0.1) is 18.8 Å². The number of piperazine rings is 1. The van der Waals surface area contributed by atoms with Gasteiger partial charge in [-0.05, 0) is 26.0 Å². The number of aromatic nitrogens is 2. The molecule has 1 saturated heterocycles. The second-order valence-corrected chi connectivity index (χ2v) is 8.38. The van der Waals surface area contributed by atoms with Crippen molar-refractivity contribution in [3.05, 3.63) is 50.7 Å². The van der Waals surface area contributed by atoms with Crippen LogP contribution in [0.25, 0.3) is 5.69 Å². The molecule has 2 aliphatic rings. The van der Waals surface area contributed by atoms with Crippen molar-refractivity contribution >= 4 is 17.5 Å². The average Bonchev–Trinajstić information content (AvgIpc) is 3.16. The van der Waals surface area contributed by atoms with Crippen LogP contribution in [0.1, 0.15) is 12.5 Å². The lowest BCUT2D eigenvalue weighted by atomic mass is 10.2. The summed E-state index contributed by atoms with van der Waals surface area (Å²) in [6.07, 6.45) is -6.44. The number of benzene rings is 1. The number of nitrogens with one attached hydrogen (secondary N) is 1. The maximum absolute atomic E-state index is 13.4. The van der Waals surface area contributed by atoms with Gasteiger partial charge in [0.1, 0.15) is 0 Å². The molecule has 10 nitrogen and oxygen atoms in total. The summed E-state index contributed by atoms with van der Waals surface area (Å²) in [5.74, 6) is 2.82. The Kier molecular flexibility index (Phi) is 6.83. The number of aryl methyl sites for hydroxylation is 1. The summed E-state index contributed by atoms with van der Waals surface area (Å²) >= 11 is 0. The Morgan fingerprint density at radius 3 is 2.39 bits per heavy atom. The highest BCUT2D eigenvalue weighted by Gasteiger charge is 2.51. The van der Waals surface area contributed by atoms with Gasteiger partial charge in [0.2, 0.25) is 0 Å². The molecule has 0 spiro atoms. The molecule has 0 aliphatic carbocycles. The van der Waals surface area contributed by atoms with Gasteiger partial charge >= 0.3 is 17.8 Å². The van der Waals surface area contributed by atoms with E-state index in [1.807, 2.05) is 6.92 Å². The molecule has 1 fully saturated rings. The first kappa shape index (κ1) is 25.3. The highest BCUT2D eigenvalue weighted by atomic mass is 19.4. The van der Waals surface area contributed by atoms with E-state index >= 15 is 0 Å². The van der Waals surface area contributed by atoms with Crippen molar-refractivity contribution in [3.8, 4) is 17.5 Å². The van der Waals surface area contributed by atoms with Crippen molar-refractivity contribution in [2.75, 3.05) is 42.7 Å². The maximum Gasteiger partial charge on any atom is 0.493 e. The summed E-state index contributed by atoms with van der Waals surface area (Å²) in [5, 5.41) is 3.87. The summed E-state index contributed by atoms with van der Waals surface area (Å²) in [7, 11) is 1.28. The highest BCUT2D eigenvalue weighted by Crippen LogP contribution is 2.39. The molecule has 192 valence electrons. The number of nitrogens with zero attached hydrogens (tertiary/aromatic N) is 5. The van der Waals surface area contributed by atoms with Gasteiger partial charge in [0.25, 0.3) is 5.56 Å². The average molecular weight is 506 g/mol. The lowest BCUT2D eigenvalue weighted by molar-refractivity contribution is -0.203. The maximum atomic E-state index is 13.4. The molecule has 1 aromatic carbocycles. The van der Waals surface area contributed by atoms with Gasteiger partial charge < -0.3 is 15.1 Å². The van der Waals surface area contributed by atoms with E-state index in [0.717, 1.165) is 19.8 Å². The van der Waals surface area contributed by atoms with E-state index in [1.54, 1.807) is 36.1 Å². The molecule has 3 heterocycles. The Bertz CT molecular complexity index is 1330. The minimum atomic E-state index is -5.31. The van der Waals surface area contributed by atoms with Crippen molar-refractivity contribution in [1.29, 1.82) is 0 Å². The van der Waals surface area contributed by atoms with Crippen LogP contribution < -0.4 is 26.5 Å². The molecule has 1 atom stereocenters. The number of hydrogen-bond donors (Lipinski definition) is 1. The fraction of sp³-hybridized carbons (Fsp3) is 0.435. The predicted octanol–water partition coefficient (Wildman–Crippen LogP) is 0.704. The Labute approximate surface area is 204 Å². The van der Waals surface area contributed by atoms with Crippen LogP contribution in [0.5, 0.6) is 0 Å². The zero-order chi connectivity index (χ0) is 26.2. The zero-order valence-electron chi connectivity index (χ0n) is 19.9. The lowest BCUT2D eigenvalue weighted by Gasteiger charge is -2.40. The quantitative estimate of drug-likeness (QED) is 0.607. The number of anilines is 2. The van der Waals surface area contributed by atoms with Crippen molar-refractivity contribution in [2.45, 2.75) is 26.3 Å². The van der Waals surface area contributed by atoms with Gasteiger partial charge in [0.05, 0.1) is 12.2 Å². The first-order valence-corrected chi connectivity index (χ1v) is 11.2. The van der Waals surface area contributed by atoms with Crippen LogP contribution in [0.2, 0.25) is 0 Å². The third-order valence-corrected chi connectivity index (χ3v) is 6.00. The van der Waals surface area contributed by atoms with Gasteiger partial charge in [0.15, 0.2) is 17.8 Å². The number of carbonyl (C=O) groups excluding carboxylic acids is 1. The summed E-state index contributed by atoms with van der Waals surface area (Å²) in [6, 6.07) is 6.63. The third-order valence-electron chi connectivity index (χ3n) is 6.00. The molecule has 0 amide bonds. The van der Waals surface area contributed by atoms with E-state index in [0.29, 0.717) is 26.2 Å². The summed E-state index contributed by atoms with van der Waals surface area (Å²) in [4.78, 5) is 46.9. The zero-order valence-corrected chi connectivity index (χ0v) is 19.9. The fourth-order valence-electron chi connectivity index (χ4n) is 4.23. The minimum Gasteiger partial charge on any atom is -0.327 e. The summed E-state index contributed by atoms with van der Waals surface area (Å²) in [5.41, 5.74) is -0.487. The highest BCUT2D eigenvalue weighted by molar-refractivity contribution is 5.80. The van der Waals surface area contributed by atoms with E-state index in [1.165, 1.54) is 11.9 Å². The molecule has 2 aromatic rings. The van der Waals surface area contributed by atoms with Gasteiger partial charge in [-0.1, -0.05) is 23.6 Å². The molecular weight excluding hydrogens is 481 g/mol. The van der Waals surface area contributed by atoms with E-state index in [-0.39, 0.29) is 23.7 Å². The molecule has 0 bridgehead atoms. The van der Waals surface area contributed by atoms with Gasteiger partial charge in [-0.25, -0.2) is 14.2 Å². The number of halogens is 3. The van der Waals surface area contributed by atoms with Gasteiger partial charge in [0, 0.05) is 33.2 Å². The number of hydroxylamine groups is 1. The van der Waals surface area contributed by atoms with E-state index in [2.05, 4.69) is 17.2 Å². The Morgan fingerprint density at radius 2 is 1.81 bits per heavy atom. The largest absolute Gasteiger partial charge is 0.493 e. The smallest absolute Gasteiger partial charge is 0.327 e. The van der Waals surface area contributed by atoms with E-state index in [9.17, 15) is 27.6 Å². The molecule has 1 aromatic heterocycles. The number of carbonyl (C=O) groups is 1. The first-order valence-electron chi connectivity index (χ1n) is 11.2. The molecule has 1 unspecified atom stereocenters. The second kappa shape index (κ2) is 9.71. The van der Waals surface area contributed by atoms with Crippen LogP contribution in [0.3, 0.4) is 0 Å². The van der Waals surface area contributed by atoms with Gasteiger partial charge in [-0.15, -0.1) is 11.0 Å². The molecule has 1 N–H and O–H groups in total. The Morgan fingerprint density at radius 1 is 1.17 bits per heavy atom. The van der Waals surface area contributed by atoms with Crippen LogP contribution in [-0.4, -0.2) is 65.2 Å². The van der Waals surface area contributed by atoms with Crippen molar-refractivity contribution < 1.29 is 22.8 Å². The van der Waals surface area contributed by atoms with Gasteiger partial charge in [-0.2, -0.15) is 13.2 Å². The fourth-order valence-corrected chi connectivity index (χ4v) is 4.23. The molecule has 0 radical (unpaired) electrons. The summed E-state index contributed by atoms with van der Waals surface area (Å²) in [6.45, 7) is 5.16. The van der Waals surface area contributed by atoms with Crippen LogP contribution in [0.4, 0.5) is 24.7 Å². The number of alkyl halides is 3. The normalized spacial score (nSPS) is 18.0. The minimum absolute atomic E-state index is 0.0560. The predicted molar refractivity (Wildman–Crippen MR) is 126 cm³/mol. The monoisotopic (exact) mass is 506 g/mol. The third kappa shape index (κ3) is 4.45. The van der Waals surface area contributed by atoms with E-state index < -0.39 is 29.7 Å². The number of fused-ring (bicyclic) bond motifs is 1. The van der Waals surface area contributed by atoms with Crippen molar-refractivity contribution in [3.63, 3.8) is 0 Å². The number of hydrogen-bond acceptors (Lipinski definition) is 8. The molecule has 2 aliphatic heterocycles. The van der Waals surface area contributed by atoms with E-state index in [4.69, 9.17) is 4.84 Å². The molecule has 4 rings (SSSR count). The Balaban J connectivity index is 2.03.